The maximum atomic E-state index is 8.51. The van der Waals surface area contributed by atoms with Gasteiger partial charge in [-0.3, -0.25) is 4.90 Å². The van der Waals surface area contributed by atoms with Crippen LogP contribution in [0.15, 0.2) is 5.16 Å². The van der Waals surface area contributed by atoms with Crippen molar-refractivity contribution in [3.63, 3.8) is 0 Å². The monoisotopic (exact) mass is 233 g/mol. The summed E-state index contributed by atoms with van der Waals surface area (Å²) in [5.41, 5.74) is 5.49. The van der Waals surface area contributed by atoms with Crippen LogP contribution in [0.4, 0.5) is 0 Å². The first-order valence-corrected chi connectivity index (χ1v) is 5.37. The largest absolute Gasteiger partial charge is 0.409 e. The lowest BCUT2D eigenvalue weighted by Crippen LogP contribution is -2.41. The molecule has 0 spiro atoms. The van der Waals surface area contributed by atoms with Crippen LogP contribution >= 0.6 is 0 Å². The zero-order valence-electron chi connectivity index (χ0n) is 10.3. The number of likely N-dealkylation sites (N-methyl/N-ethyl adjacent to an activating group) is 1. The van der Waals surface area contributed by atoms with Crippen LogP contribution in [0.2, 0.25) is 0 Å². The highest BCUT2D eigenvalue weighted by Gasteiger charge is 2.12. The Labute approximate surface area is 97.0 Å². The lowest BCUT2D eigenvalue weighted by molar-refractivity contribution is 0.0863. The van der Waals surface area contributed by atoms with Crippen molar-refractivity contribution in [3.8, 4) is 0 Å². The summed E-state index contributed by atoms with van der Waals surface area (Å²) < 4.78 is 10.3. The van der Waals surface area contributed by atoms with Crippen LogP contribution in [0.1, 0.15) is 13.3 Å². The molecule has 0 rings (SSSR count). The standard InChI is InChI=1S/C10H23N3O3/c1-9(10(11)12-14)13(2)5-8-16-7-4-6-15-3/h9,14H,4-8H2,1-3H3,(H2,11,12). The number of nitrogens with two attached hydrogens (primary N) is 1. The van der Waals surface area contributed by atoms with E-state index in [-0.39, 0.29) is 11.9 Å². The zero-order valence-corrected chi connectivity index (χ0v) is 10.3. The summed E-state index contributed by atoms with van der Waals surface area (Å²) in [5, 5.41) is 11.5. The molecule has 0 radical (unpaired) electrons. The topological polar surface area (TPSA) is 80.3 Å². The Bertz CT molecular complexity index is 200. The van der Waals surface area contributed by atoms with Gasteiger partial charge < -0.3 is 20.4 Å². The SMILES string of the molecule is COCCCOCCN(C)C(C)C(N)=NO. The summed E-state index contributed by atoms with van der Waals surface area (Å²) in [7, 11) is 3.58. The second-order valence-corrected chi connectivity index (χ2v) is 3.64. The Morgan fingerprint density at radius 3 is 2.69 bits per heavy atom. The number of ether oxygens (including phenoxy) is 2. The number of hydrogen-bond acceptors (Lipinski definition) is 5. The van der Waals surface area contributed by atoms with E-state index in [1.165, 1.54) is 0 Å². The maximum absolute atomic E-state index is 8.51. The molecule has 6 heteroatoms. The predicted molar refractivity (Wildman–Crippen MR) is 62.8 cm³/mol. The first-order valence-electron chi connectivity index (χ1n) is 5.37. The molecule has 1 atom stereocenters. The molecule has 3 N–H and O–H groups in total. The van der Waals surface area contributed by atoms with Gasteiger partial charge in [-0.25, -0.2) is 0 Å². The Balaban J connectivity index is 3.53. The van der Waals surface area contributed by atoms with Gasteiger partial charge in [-0.2, -0.15) is 0 Å². The fourth-order valence-corrected chi connectivity index (χ4v) is 1.12. The molecule has 0 fully saturated rings. The average Bonchev–Trinajstić information content (AvgIpc) is 2.31. The van der Waals surface area contributed by atoms with Gasteiger partial charge in [0.2, 0.25) is 0 Å². The molecule has 0 saturated heterocycles. The van der Waals surface area contributed by atoms with Crippen molar-refractivity contribution in [2.75, 3.05) is 40.5 Å². The molecule has 0 aliphatic heterocycles. The molecule has 0 aromatic rings. The van der Waals surface area contributed by atoms with Gasteiger partial charge in [0, 0.05) is 26.9 Å². The van der Waals surface area contributed by atoms with Crippen molar-refractivity contribution in [2.45, 2.75) is 19.4 Å². The van der Waals surface area contributed by atoms with E-state index in [2.05, 4.69) is 5.16 Å². The number of rotatable bonds is 9. The highest BCUT2D eigenvalue weighted by atomic mass is 16.5. The molecular weight excluding hydrogens is 210 g/mol. The normalized spacial score (nSPS) is 14.4. The lowest BCUT2D eigenvalue weighted by atomic mass is 10.3. The molecule has 0 heterocycles. The van der Waals surface area contributed by atoms with Gasteiger partial charge >= 0.3 is 0 Å². The Kier molecular flexibility index (Phi) is 8.88. The van der Waals surface area contributed by atoms with Crippen LogP contribution in [0.3, 0.4) is 0 Å². The number of oxime groups is 1. The van der Waals surface area contributed by atoms with Crippen LogP contribution < -0.4 is 5.73 Å². The van der Waals surface area contributed by atoms with Crippen molar-refractivity contribution in [2.24, 2.45) is 10.9 Å². The smallest absolute Gasteiger partial charge is 0.156 e. The highest BCUT2D eigenvalue weighted by Crippen LogP contribution is 1.95. The first kappa shape index (κ1) is 15.2. The van der Waals surface area contributed by atoms with E-state index in [4.69, 9.17) is 20.4 Å². The summed E-state index contributed by atoms with van der Waals surface area (Å²) in [6.45, 7) is 4.66. The van der Waals surface area contributed by atoms with Gasteiger partial charge in [0.25, 0.3) is 0 Å². The van der Waals surface area contributed by atoms with Crippen LogP contribution in [0.5, 0.6) is 0 Å². The van der Waals surface area contributed by atoms with E-state index >= 15 is 0 Å². The van der Waals surface area contributed by atoms with Gasteiger partial charge in [0.05, 0.1) is 12.6 Å². The van der Waals surface area contributed by atoms with Crippen LogP contribution in [0.25, 0.3) is 0 Å². The van der Waals surface area contributed by atoms with E-state index in [1.807, 2.05) is 18.9 Å². The van der Waals surface area contributed by atoms with Crippen LogP contribution in [0, 0.1) is 0 Å². The lowest BCUT2D eigenvalue weighted by Gasteiger charge is -2.23. The molecule has 0 saturated carbocycles. The molecule has 0 aromatic heterocycles. The van der Waals surface area contributed by atoms with Crippen molar-refractivity contribution in [1.29, 1.82) is 0 Å². The van der Waals surface area contributed by atoms with E-state index in [0.29, 0.717) is 13.2 Å². The summed E-state index contributed by atoms with van der Waals surface area (Å²) >= 11 is 0. The molecule has 0 aliphatic rings. The van der Waals surface area contributed by atoms with Gasteiger partial charge in [-0.15, -0.1) is 0 Å². The van der Waals surface area contributed by atoms with Crippen molar-refractivity contribution in [3.05, 3.63) is 0 Å². The zero-order chi connectivity index (χ0) is 12.4. The quantitative estimate of drug-likeness (QED) is 0.194. The third-order valence-corrected chi connectivity index (χ3v) is 2.43. The predicted octanol–water partition coefficient (Wildman–Crippen LogP) is 0.106. The molecule has 0 aromatic carbocycles. The Hall–Kier alpha value is -0.850. The number of nitrogens with zero attached hydrogens (tertiary/aromatic N) is 2. The summed E-state index contributed by atoms with van der Waals surface area (Å²) in [4.78, 5) is 1.96. The Morgan fingerprint density at radius 1 is 1.44 bits per heavy atom. The number of methoxy groups -OCH3 is 1. The number of amidine groups is 1. The first-order chi connectivity index (χ1) is 7.63. The fraction of sp³-hybridized carbons (Fsp3) is 0.900. The minimum absolute atomic E-state index is 0.0902. The second-order valence-electron chi connectivity index (χ2n) is 3.64. The van der Waals surface area contributed by atoms with E-state index < -0.39 is 0 Å². The van der Waals surface area contributed by atoms with E-state index in [1.54, 1.807) is 7.11 Å². The van der Waals surface area contributed by atoms with Crippen molar-refractivity contribution >= 4 is 5.84 Å². The average molecular weight is 233 g/mol. The summed E-state index contributed by atoms with van der Waals surface area (Å²) in [6, 6.07) is -0.0902. The van der Waals surface area contributed by atoms with Gasteiger partial charge in [-0.05, 0) is 20.4 Å². The Morgan fingerprint density at radius 2 is 2.12 bits per heavy atom. The molecule has 16 heavy (non-hydrogen) atoms. The molecule has 0 amide bonds. The minimum atomic E-state index is -0.0902. The van der Waals surface area contributed by atoms with Crippen molar-refractivity contribution < 1.29 is 14.7 Å². The maximum Gasteiger partial charge on any atom is 0.156 e. The van der Waals surface area contributed by atoms with Crippen molar-refractivity contribution in [1.82, 2.24) is 4.90 Å². The van der Waals surface area contributed by atoms with E-state index in [0.717, 1.165) is 19.6 Å². The third kappa shape index (κ3) is 6.60. The summed E-state index contributed by atoms with van der Waals surface area (Å²) in [6.07, 6.45) is 0.899. The fourth-order valence-electron chi connectivity index (χ4n) is 1.12. The molecule has 96 valence electrons. The van der Waals surface area contributed by atoms with Crippen LogP contribution in [-0.4, -0.2) is 62.5 Å². The molecule has 0 aliphatic carbocycles. The summed E-state index contributed by atoms with van der Waals surface area (Å²) in [5.74, 6) is 0.210. The molecule has 0 bridgehead atoms. The van der Waals surface area contributed by atoms with Gasteiger partial charge in [-0.1, -0.05) is 5.16 Å². The third-order valence-electron chi connectivity index (χ3n) is 2.43. The second kappa shape index (κ2) is 9.38. The molecular formula is C10H23N3O3. The molecule has 6 nitrogen and oxygen atoms in total. The minimum Gasteiger partial charge on any atom is -0.409 e. The van der Waals surface area contributed by atoms with Gasteiger partial charge in [0.15, 0.2) is 5.84 Å². The molecule has 1 unspecified atom stereocenters. The highest BCUT2D eigenvalue weighted by molar-refractivity contribution is 5.84. The van der Waals surface area contributed by atoms with E-state index in [9.17, 15) is 0 Å². The number of hydrogen-bond donors (Lipinski definition) is 2. The van der Waals surface area contributed by atoms with Gasteiger partial charge in [0.1, 0.15) is 0 Å². The van der Waals surface area contributed by atoms with Crippen LogP contribution in [-0.2, 0) is 9.47 Å².